The quantitative estimate of drug-likeness (QED) is 0.612. The van der Waals surface area contributed by atoms with Crippen LogP contribution in [0.15, 0.2) is 0 Å². The summed E-state index contributed by atoms with van der Waals surface area (Å²) in [6, 6.07) is -0.207. The molecule has 0 aliphatic rings. The molecule has 0 spiro atoms. The van der Waals surface area contributed by atoms with E-state index in [0.29, 0.717) is 5.92 Å². The number of amides is 2. The van der Waals surface area contributed by atoms with Gasteiger partial charge in [-0.3, -0.25) is 4.79 Å². The standard InChI is InChI=1S/C12H24N2O4/c1-8(2)5-9(3)14-12(17)13-7-10(18-4)6-11(15)16/h8-10H,5-7H2,1-4H3,(H,15,16)(H2,13,14,17). The molecule has 0 saturated heterocycles. The van der Waals surface area contributed by atoms with E-state index in [4.69, 9.17) is 9.84 Å². The summed E-state index contributed by atoms with van der Waals surface area (Å²) in [6.45, 7) is 6.29. The normalized spacial score (nSPS) is 14.1. The molecule has 2 unspecified atom stereocenters. The van der Waals surface area contributed by atoms with E-state index in [1.165, 1.54) is 7.11 Å². The van der Waals surface area contributed by atoms with E-state index in [0.717, 1.165) is 6.42 Å². The van der Waals surface area contributed by atoms with Crippen LogP contribution >= 0.6 is 0 Å². The lowest BCUT2D eigenvalue weighted by Crippen LogP contribution is -2.44. The fourth-order valence-corrected chi connectivity index (χ4v) is 1.68. The predicted octanol–water partition coefficient (Wildman–Crippen LogP) is 1.21. The summed E-state index contributed by atoms with van der Waals surface area (Å²) in [6.07, 6.45) is 0.267. The van der Waals surface area contributed by atoms with Gasteiger partial charge in [-0.15, -0.1) is 0 Å². The Morgan fingerprint density at radius 1 is 1.28 bits per heavy atom. The first-order chi connectivity index (χ1) is 8.35. The van der Waals surface area contributed by atoms with Crippen LogP contribution in [0.3, 0.4) is 0 Å². The zero-order valence-corrected chi connectivity index (χ0v) is 11.5. The highest BCUT2D eigenvalue weighted by Crippen LogP contribution is 2.03. The third kappa shape index (κ3) is 8.81. The zero-order valence-electron chi connectivity index (χ0n) is 11.5. The highest BCUT2D eigenvalue weighted by atomic mass is 16.5. The van der Waals surface area contributed by atoms with Crippen molar-refractivity contribution in [2.75, 3.05) is 13.7 Å². The number of hydrogen-bond acceptors (Lipinski definition) is 3. The lowest BCUT2D eigenvalue weighted by atomic mass is 10.1. The molecule has 18 heavy (non-hydrogen) atoms. The van der Waals surface area contributed by atoms with Crippen molar-refractivity contribution in [3.05, 3.63) is 0 Å². The van der Waals surface area contributed by atoms with Crippen molar-refractivity contribution in [3.63, 3.8) is 0 Å². The van der Waals surface area contributed by atoms with E-state index in [1.54, 1.807) is 0 Å². The van der Waals surface area contributed by atoms with E-state index < -0.39 is 12.1 Å². The fraction of sp³-hybridized carbons (Fsp3) is 0.833. The first kappa shape index (κ1) is 16.7. The van der Waals surface area contributed by atoms with Crippen LogP contribution in [0, 0.1) is 5.92 Å². The van der Waals surface area contributed by atoms with Crippen molar-refractivity contribution in [1.29, 1.82) is 0 Å². The Labute approximate surface area is 108 Å². The van der Waals surface area contributed by atoms with Crippen molar-refractivity contribution >= 4 is 12.0 Å². The second kappa shape index (κ2) is 8.74. The van der Waals surface area contributed by atoms with Gasteiger partial charge in [0.05, 0.1) is 12.5 Å². The minimum atomic E-state index is -0.947. The maximum Gasteiger partial charge on any atom is 0.315 e. The molecule has 2 amide bonds. The molecule has 0 aromatic heterocycles. The number of carboxylic acid groups (broad SMARTS) is 1. The highest BCUT2D eigenvalue weighted by Gasteiger charge is 2.14. The summed E-state index contributed by atoms with van der Waals surface area (Å²) in [5.41, 5.74) is 0. The third-order valence-corrected chi connectivity index (χ3v) is 2.43. The van der Waals surface area contributed by atoms with Gasteiger partial charge < -0.3 is 20.5 Å². The first-order valence-corrected chi connectivity index (χ1v) is 6.14. The van der Waals surface area contributed by atoms with Gasteiger partial charge in [0.15, 0.2) is 0 Å². The maximum absolute atomic E-state index is 11.5. The molecule has 6 heteroatoms. The molecule has 0 heterocycles. The van der Waals surface area contributed by atoms with Crippen LogP contribution < -0.4 is 10.6 Å². The van der Waals surface area contributed by atoms with E-state index in [2.05, 4.69) is 24.5 Å². The summed E-state index contributed by atoms with van der Waals surface area (Å²) in [5.74, 6) is -0.434. The van der Waals surface area contributed by atoms with Gasteiger partial charge in [0.1, 0.15) is 0 Å². The highest BCUT2D eigenvalue weighted by molar-refractivity contribution is 5.74. The fourth-order valence-electron chi connectivity index (χ4n) is 1.68. The maximum atomic E-state index is 11.5. The lowest BCUT2D eigenvalue weighted by Gasteiger charge is -2.18. The molecule has 0 radical (unpaired) electrons. The summed E-state index contributed by atoms with van der Waals surface area (Å²) < 4.78 is 4.96. The van der Waals surface area contributed by atoms with Crippen LogP contribution in [0.1, 0.15) is 33.6 Å². The largest absolute Gasteiger partial charge is 0.481 e. The SMILES string of the molecule is COC(CNC(=O)NC(C)CC(C)C)CC(=O)O. The second-order valence-corrected chi connectivity index (χ2v) is 4.84. The van der Waals surface area contributed by atoms with Crippen LogP contribution in [0.5, 0.6) is 0 Å². The number of ether oxygens (including phenoxy) is 1. The van der Waals surface area contributed by atoms with Crippen molar-refractivity contribution in [2.45, 2.75) is 45.8 Å². The molecule has 0 saturated carbocycles. The Hall–Kier alpha value is -1.30. The Morgan fingerprint density at radius 3 is 2.33 bits per heavy atom. The van der Waals surface area contributed by atoms with Gasteiger partial charge in [0.2, 0.25) is 0 Å². The van der Waals surface area contributed by atoms with Crippen LogP contribution in [-0.2, 0) is 9.53 Å². The second-order valence-electron chi connectivity index (χ2n) is 4.84. The van der Waals surface area contributed by atoms with Crippen LogP contribution in [0.2, 0.25) is 0 Å². The van der Waals surface area contributed by atoms with Crippen LogP contribution in [0.4, 0.5) is 4.79 Å². The number of nitrogens with one attached hydrogen (secondary N) is 2. The molecule has 6 nitrogen and oxygen atoms in total. The molecule has 2 atom stereocenters. The van der Waals surface area contributed by atoms with Crippen LogP contribution in [-0.4, -0.2) is 42.9 Å². The van der Waals surface area contributed by atoms with Gasteiger partial charge >= 0.3 is 12.0 Å². The minimum Gasteiger partial charge on any atom is -0.481 e. The zero-order chi connectivity index (χ0) is 14.1. The molecule has 0 aromatic rings. The van der Waals surface area contributed by atoms with E-state index in [9.17, 15) is 9.59 Å². The van der Waals surface area contributed by atoms with Crippen molar-refractivity contribution in [3.8, 4) is 0 Å². The van der Waals surface area contributed by atoms with E-state index in [-0.39, 0.29) is 25.0 Å². The summed E-state index contributed by atoms with van der Waals surface area (Å²) in [7, 11) is 1.43. The minimum absolute atomic E-state index is 0.0884. The van der Waals surface area contributed by atoms with Crippen LogP contribution in [0.25, 0.3) is 0 Å². The number of urea groups is 1. The molecular formula is C12H24N2O4. The summed E-state index contributed by atoms with van der Waals surface area (Å²) in [5, 5.41) is 14.0. The molecule has 0 aliphatic heterocycles. The smallest absolute Gasteiger partial charge is 0.315 e. The molecule has 3 N–H and O–H groups in total. The Balaban J connectivity index is 3.90. The first-order valence-electron chi connectivity index (χ1n) is 6.14. The Bertz CT molecular complexity index is 269. The monoisotopic (exact) mass is 260 g/mol. The van der Waals surface area contributed by atoms with E-state index >= 15 is 0 Å². The number of carboxylic acids is 1. The topological polar surface area (TPSA) is 87.7 Å². The predicted molar refractivity (Wildman–Crippen MR) is 68.5 cm³/mol. The molecule has 106 valence electrons. The van der Waals surface area contributed by atoms with Gasteiger partial charge in [0.25, 0.3) is 0 Å². The van der Waals surface area contributed by atoms with Crippen molar-refractivity contribution in [2.24, 2.45) is 5.92 Å². The summed E-state index contributed by atoms with van der Waals surface area (Å²) >= 11 is 0. The summed E-state index contributed by atoms with van der Waals surface area (Å²) in [4.78, 5) is 22.0. The van der Waals surface area contributed by atoms with Gasteiger partial charge in [-0.2, -0.15) is 0 Å². The van der Waals surface area contributed by atoms with E-state index in [1.807, 2.05) is 6.92 Å². The molecular weight excluding hydrogens is 236 g/mol. The number of carbonyl (C=O) groups is 2. The van der Waals surface area contributed by atoms with Gasteiger partial charge in [-0.05, 0) is 19.3 Å². The van der Waals surface area contributed by atoms with Gasteiger partial charge in [0, 0.05) is 19.7 Å². The number of aliphatic carboxylic acids is 1. The Kier molecular flexibility index (Phi) is 8.11. The molecule has 0 fully saturated rings. The lowest BCUT2D eigenvalue weighted by molar-refractivity contribution is -0.139. The number of hydrogen-bond donors (Lipinski definition) is 3. The molecule has 0 bridgehead atoms. The van der Waals surface area contributed by atoms with Crippen molar-refractivity contribution < 1.29 is 19.4 Å². The third-order valence-electron chi connectivity index (χ3n) is 2.43. The Morgan fingerprint density at radius 2 is 1.89 bits per heavy atom. The van der Waals surface area contributed by atoms with Gasteiger partial charge in [-0.1, -0.05) is 13.8 Å². The molecule has 0 aromatic carbocycles. The average molecular weight is 260 g/mol. The van der Waals surface area contributed by atoms with Crippen molar-refractivity contribution in [1.82, 2.24) is 10.6 Å². The number of carbonyl (C=O) groups excluding carboxylic acids is 1. The molecule has 0 aliphatic carbocycles. The average Bonchev–Trinajstić information content (AvgIpc) is 2.22. The number of rotatable bonds is 8. The molecule has 0 rings (SSSR count). The van der Waals surface area contributed by atoms with Gasteiger partial charge in [-0.25, -0.2) is 4.79 Å². The number of methoxy groups -OCH3 is 1.